The summed E-state index contributed by atoms with van der Waals surface area (Å²) in [7, 11) is 0. The van der Waals surface area contributed by atoms with Gasteiger partial charge in [-0.25, -0.2) is 4.79 Å². The number of rotatable bonds is 2. The molecule has 0 aliphatic carbocycles. The fourth-order valence-electron chi connectivity index (χ4n) is 1.58. The zero-order valence-corrected chi connectivity index (χ0v) is 7.34. The third kappa shape index (κ3) is 2.70. The topological polar surface area (TPSA) is 61.4 Å². The minimum absolute atomic E-state index is 0.315. The molecule has 0 saturated carbocycles. The van der Waals surface area contributed by atoms with E-state index in [0.717, 1.165) is 6.54 Å². The van der Waals surface area contributed by atoms with Crippen LogP contribution in [-0.2, 0) is 0 Å². The molecule has 2 atom stereocenters. The van der Waals surface area contributed by atoms with E-state index >= 15 is 0 Å². The number of amides is 1. The minimum atomic E-state index is -0.936. The monoisotopic (exact) mass is 172 g/mol. The van der Waals surface area contributed by atoms with Crippen LogP contribution in [0.1, 0.15) is 19.8 Å². The van der Waals surface area contributed by atoms with E-state index in [1.165, 1.54) is 12.8 Å². The summed E-state index contributed by atoms with van der Waals surface area (Å²) in [6.07, 6.45) is 1.46. The Bertz CT molecular complexity index is 161. The zero-order valence-electron chi connectivity index (χ0n) is 7.34. The second kappa shape index (κ2) is 4.30. The van der Waals surface area contributed by atoms with Crippen LogP contribution in [0.3, 0.4) is 0 Å². The molecule has 1 rings (SSSR count). The van der Waals surface area contributed by atoms with Crippen LogP contribution in [0.2, 0.25) is 0 Å². The van der Waals surface area contributed by atoms with Gasteiger partial charge in [0, 0.05) is 12.6 Å². The van der Waals surface area contributed by atoms with Gasteiger partial charge in [-0.15, -0.1) is 0 Å². The van der Waals surface area contributed by atoms with Crippen LogP contribution in [0.15, 0.2) is 0 Å². The highest BCUT2D eigenvalue weighted by molar-refractivity contribution is 5.64. The molecule has 70 valence electrons. The van der Waals surface area contributed by atoms with Crippen molar-refractivity contribution in [1.82, 2.24) is 10.6 Å². The van der Waals surface area contributed by atoms with Crippen molar-refractivity contribution in [2.75, 3.05) is 13.1 Å². The van der Waals surface area contributed by atoms with Gasteiger partial charge in [0.15, 0.2) is 0 Å². The molecule has 0 spiro atoms. The molecule has 0 aromatic rings. The van der Waals surface area contributed by atoms with Crippen LogP contribution >= 0.6 is 0 Å². The van der Waals surface area contributed by atoms with Gasteiger partial charge in [0.25, 0.3) is 0 Å². The first-order valence-corrected chi connectivity index (χ1v) is 4.40. The Labute approximate surface area is 72.3 Å². The Morgan fingerprint density at radius 2 is 2.50 bits per heavy atom. The number of piperidine rings is 1. The summed E-state index contributed by atoms with van der Waals surface area (Å²) in [4.78, 5) is 10.2. The fourth-order valence-corrected chi connectivity index (χ4v) is 1.58. The van der Waals surface area contributed by atoms with Crippen molar-refractivity contribution in [3.8, 4) is 0 Å². The van der Waals surface area contributed by atoms with Gasteiger partial charge in [0.05, 0.1) is 0 Å². The van der Waals surface area contributed by atoms with E-state index in [1.54, 1.807) is 0 Å². The molecule has 0 aromatic heterocycles. The number of hydrogen-bond acceptors (Lipinski definition) is 2. The van der Waals surface area contributed by atoms with Crippen LogP contribution in [0.25, 0.3) is 0 Å². The molecule has 1 aliphatic heterocycles. The summed E-state index contributed by atoms with van der Waals surface area (Å²) in [5, 5.41) is 14.1. The summed E-state index contributed by atoms with van der Waals surface area (Å²) >= 11 is 0. The Morgan fingerprint density at radius 1 is 1.75 bits per heavy atom. The smallest absolute Gasteiger partial charge is 0.404 e. The van der Waals surface area contributed by atoms with E-state index in [9.17, 15) is 4.79 Å². The van der Waals surface area contributed by atoms with E-state index < -0.39 is 6.09 Å². The molecule has 1 aliphatic rings. The molecule has 0 aromatic carbocycles. The average Bonchev–Trinajstić information content (AvgIpc) is 2.03. The predicted molar refractivity (Wildman–Crippen MR) is 46.2 cm³/mol. The lowest BCUT2D eigenvalue weighted by Crippen LogP contribution is -2.47. The first-order chi connectivity index (χ1) is 5.70. The third-order valence-electron chi connectivity index (χ3n) is 2.40. The maximum absolute atomic E-state index is 10.2. The lowest BCUT2D eigenvalue weighted by Gasteiger charge is -2.29. The van der Waals surface area contributed by atoms with E-state index in [-0.39, 0.29) is 0 Å². The maximum atomic E-state index is 10.2. The molecule has 0 radical (unpaired) electrons. The van der Waals surface area contributed by atoms with E-state index in [0.29, 0.717) is 18.5 Å². The highest BCUT2D eigenvalue weighted by atomic mass is 16.4. The first-order valence-electron chi connectivity index (χ1n) is 4.40. The van der Waals surface area contributed by atoms with Gasteiger partial charge in [0.2, 0.25) is 0 Å². The van der Waals surface area contributed by atoms with Crippen LogP contribution in [-0.4, -0.2) is 30.3 Å². The van der Waals surface area contributed by atoms with Crippen LogP contribution < -0.4 is 10.6 Å². The summed E-state index contributed by atoms with van der Waals surface area (Å²) < 4.78 is 0. The molecule has 2 unspecified atom stereocenters. The second-order valence-electron chi connectivity index (χ2n) is 3.37. The number of nitrogens with one attached hydrogen (secondary N) is 2. The zero-order chi connectivity index (χ0) is 8.97. The van der Waals surface area contributed by atoms with Gasteiger partial charge in [-0.05, 0) is 25.3 Å². The third-order valence-corrected chi connectivity index (χ3v) is 2.40. The molecule has 12 heavy (non-hydrogen) atoms. The van der Waals surface area contributed by atoms with Crippen molar-refractivity contribution in [3.63, 3.8) is 0 Å². The SMILES string of the molecule is CC1CCCNC1CNC(=O)O. The van der Waals surface area contributed by atoms with Gasteiger partial charge >= 0.3 is 6.09 Å². The minimum Gasteiger partial charge on any atom is -0.465 e. The lowest BCUT2D eigenvalue weighted by atomic mass is 9.93. The van der Waals surface area contributed by atoms with E-state index in [2.05, 4.69) is 17.6 Å². The van der Waals surface area contributed by atoms with Crippen molar-refractivity contribution in [2.45, 2.75) is 25.8 Å². The molecule has 4 heteroatoms. The largest absolute Gasteiger partial charge is 0.465 e. The quantitative estimate of drug-likeness (QED) is 0.573. The molecule has 3 N–H and O–H groups in total. The van der Waals surface area contributed by atoms with Crippen molar-refractivity contribution in [1.29, 1.82) is 0 Å². The summed E-state index contributed by atoms with van der Waals surface area (Å²) in [5.74, 6) is 0.575. The summed E-state index contributed by atoms with van der Waals surface area (Å²) in [6, 6.07) is 0.315. The standard InChI is InChI=1S/C8H16N2O2/c1-6-3-2-4-9-7(6)5-10-8(11)12/h6-7,9-10H,2-5H2,1H3,(H,11,12). The Morgan fingerprint density at radius 3 is 3.08 bits per heavy atom. The van der Waals surface area contributed by atoms with Crippen molar-refractivity contribution in [3.05, 3.63) is 0 Å². The second-order valence-corrected chi connectivity index (χ2v) is 3.37. The van der Waals surface area contributed by atoms with Gasteiger partial charge in [-0.1, -0.05) is 6.92 Å². The van der Waals surface area contributed by atoms with E-state index in [1.807, 2.05) is 0 Å². The molecule has 1 heterocycles. The number of carboxylic acid groups (broad SMARTS) is 1. The first kappa shape index (κ1) is 9.32. The normalized spacial score (nSPS) is 29.8. The molecule has 1 saturated heterocycles. The van der Waals surface area contributed by atoms with Crippen molar-refractivity contribution >= 4 is 6.09 Å². The highest BCUT2D eigenvalue weighted by Crippen LogP contribution is 2.14. The van der Waals surface area contributed by atoms with Gasteiger partial charge in [-0.2, -0.15) is 0 Å². The van der Waals surface area contributed by atoms with Gasteiger partial charge in [0.1, 0.15) is 0 Å². The maximum Gasteiger partial charge on any atom is 0.404 e. The summed E-state index contributed by atoms with van der Waals surface area (Å²) in [6.45, 7) is 3.69. The van der Waals surface area contributed by atoms with E-state index in [4.69, 9.17) is 5.11 Å². The van der Waals surface area contributed by atoms with Crippen LogP contribution in [0, 0.1) is 5.92 Å². The van der Waals surface area contributed by atoms with Crippen LogP contribution in [0.4, 0.5) is 4.79 Å². The molecular formula is C8H16N2O2. The Kier molecular flexibility index (Phi) is 3.34. The molecule has 1 fully saturated rings. The summed E-state index contributed by atoms with van der Waals surface area (Å²) in [5.41, 5.74) is 0. The Balaban J connectivity index is 2.24. The fraction of sp³-hybridized carbons (Fsp3) is 0.875. The van der Waals surface area contributed by atoms with Crippen molar-refractivity contribution < 1.29 is 9.90 Å². The molecular weight excluding hydrogens is 156 g/mol. The molecule has 1 amide bonds. The lowest BCUT2D eigenvalue weighted by molar-refractivity contribution is 0.189. The average molecular weight is 172 g/mol. The molecule has 0 bridgehead atoms. The van der Waals surface area contributed by atoms with Gasteiger partial charge in [-0.3, -0.25) is 0 Å². The number of hydrogen-bond donors (Lipinski definition) is 3. The Hall–Kier alpha value is -0.770. The van der Waals surface area contributed by atoms with Crippen LogP contribution in [0.5, 0.6) is 0 Å². The number of carbonyl (C=O) groups is 1. The van der Waals surface area contributed by atoms with Crippen molar-refractivity contribution in [2.24, 2.45) is 5.92 Å². The van der Waals surface area contributed by atoms with Gasteiger partial charge < -0.3 is 15.7 Å². The highest BCUT2D eigenvalue weighted by Gasteiger charge is 2.20. The predicted octanol–water partition coefficient (Wildman–Crippen LogP) is 0.642. The molecule has 4 nitrogen and oxygen atoms in total.